The number of nitrogens with zero attached hydrogens (tertiary/aromatic N) is 2. The Kier molecular flexibility index (Phi) is 2.44. The highest BCUT2D eigenvalue weighted by Crippen LogP contribution is 2.31. The minimum absolute atomic E-state index is 0.452. The van der Waals surface area contributed by atoms with Crippen molar-refractivity contribution in [1.82, 2.24) is 0 Å². The van der Waals surface area contributed by atoms with Crippen LogP contribution in [0.25, 0.3) is 0 Å². The molecule has 5 heteroatoms. The number of hydrogen-bond acceptors (Lipinski definition) is 2. The molecule has 15 heavy (non-hydrogen) atoms. The van der Waals surface area contributed by atoms with Crippen LogP contribution in [-0.2, 0) is 4.79 Å². The zero-order valence-electron chi connectivity index (χ0n) is 7.95. The second-order valence-electron chi connectivity index (χ2n) is 3.22. The third-order valence-electron chi connectivity index (χ3n) is 2.23. The Morgan fingerprint density at radius 1 is 1.33 bits per heavy atom. The number of likely N-dealkylation sites (N-methyl/N-ethyl adjacent to an activating group) is 1. The molecule has 0 N–H and O–H groups in total. The Labute approximate surface area is 97.3 Å². The molecule has 0 aliphatic carbocycles. The standard InChI is InChI=1S/C10H8Cl2N2O/c1-14-8-5-3-2-4-7(8)6-13-10(11,12)9(14)15/h2-6H,1H3. The highest BCUT2D eigenvalue weighted by atomic mass is 35.5. The summed E-state index contributed by atoms with van der Waals surface area (Å²) in [4.78, 5) is 17.0. The molecule has 1 aromatic carbocycles. The minimum atomic E-state index is -1.73. The molecule has 2 rings (SSSR count). The third-order valence-corrected chi connectivity index (χ3v) is 2.74. The van der Waals surface area contributed by atoms with Gasteiger partial charge < -0.3 is 4.90 Å². The average Bonchev–Trinajstić information content (AvgIpc) is 2.31. The van der Waals surface area contributed by atoms with E-state index >= 15 is 0 Å². The van der Waals surface area contributed by atoms with Crippen molar-refractivity contribution in [3.8, 4) is 0 Å². The molecule has 0 fully saturated rings. The number of alkyl halides is 2. The molecule has 0 spiro atoms. The number of hydrogen-bond donors (Lipinski definition) is 0. The van der Waals surface area contributed by atoms with Crippen molar-refractivity contribution in [2.24, 2.45) is 4.99 Å². The Hall–Kier alpha value is -1.06. The van der Waals surface area contributed by atoms with Gasteiger partial charge in [0.2, 0.25) is 0 Å². The maximum Gasteiger partial charge on any atom is 0.288 e. The van der Waals surface area contributed by atoms with E-state index in [1.165, 1.54) is 11.1 Å². The topological polar surface area (TPSA) is 32.7 Å². The fourth-order valence-electron chi connectivity index (χ4n) is 1.42. The van der Waals surface area contributed by atoms with Gasteiger partial charge in [0, 0.05) is 18.8 Å². The molecule has 3 nitrogen and oxygen atoms in total. The summed E-state index contributed by atoms with van der Waals surface area (Å²) in [6, 6.07) is 7.36. The van der Waals surface area contributed by atoms with Crippen LogP contribution in [0.5, 0.6) is 0 Å². The van der Waals surface area contributed by atoms with Crippen molar-refractivity contribution in [2.45, 2.75) is 4.46 Å². The molecule has 0 bridgehead atoms. The Morgan fingerprint density at radius 3 is 2.73 bits per heavy atom. The van der Waals surface area contributed by atoms with E-state index in [1.807, 2.05) is 24.3 Å². The van der Waals surface area contributed by atoms with Crippen LogP contribution in [0.15, 0.2) is 29.3 Å². The first kappa shape index (κ1) is 10.5. The van der Waals surface area contributed by atoms with Crippen LogP contribution < -0.4 is 4.90 Å². The zero-order chi connectivity index (χ0) is 11.1. The fourth-order valence-corrected chi connectivity index (χ4v) is 1.77. The van der Waals surface area contributed by atoms with E-state index in [2.05, 4.69) is 4.99 Å². The molecule has 78 valence electrons. The van der Waals surface area contributed by atoms with Gasteiger partial charge in [0.05, 0.1) is 5.69 Å². The lowest BCUT2D eigenvalue weighted by molar-refractivity contribution is -0.118. The Bertz CT molecular complexity index is 443. The number of benzene rings is 1. The predicted octanol–water partition coefficient (Wildman–Crippen LogP) is 2.21. The Balaban J connectivity index is 2.58. The van der Waals surface area contributed by atoms with Crippen LogP contribution >= 0.6 is 23.2 Å². The van der Waals surface area contributed by atoms with Crippen LogP contribution in [0.4, 0.5) is 5.69 Å². The van der Waals surface area contributed by atoms with Gasteiger partial charge in [-0.05, 0) is 6.07 Å². The average molecular weight is 243 g/mol. The van der Waals surface area contributed by atoms with E-state index in [0.717, 1.165) is 11.3 Å². The first-order valence-corrected chi connectivity index (χ1v) is 5.08. The normalized spacial score (nSPS) is 18.6. The quantitative estimate of drug-likeness (QED) is 0.508. The van der Waals surface area contributed by atoms with E-state index < -0.39 is 10.4 Å². The van der Waals surface area contributed by atoms with Crippen LogP contribution in [0, 0.1) is 0 Å². The number of halogens is 2. The first-order valence-electron chi connectivity index (χ1n) is 4.32. The van der Waals surface area contributed by atoms with Crippen LogP contribution in [-0.4, -0.2) is 23.6 Å². The zero-order valence-corrected chi connectivity index (χ0v) is 9.46. The number of para-hydroxylation sites is 1. The van der Waals surface area contributed by atoms with Gasteiger partial charge in [0.1, 0.15) is 0 Å². The number of rotatable bonds is 0. The number of fused-ring (bicyclic) bond motifs is 1. The third kappa shape index (κ3) is 1.73. The molecule has 0 saturated carbocycles. The van der Waals surface area contributed by atoms with E-state index in [0.29, 0.717) is 0 Å². The largest absolute Gasteiger partial charge is 0.310 e. The van der Waals surface area contributed by atoms with Crippen LogP contribution in [0.3, 0.4) is 0 Å². The summed E-state index contributed by atoms with van der Waals surface area (Å²) in [6.07, 6.45) is 1.51. The molecule has 0 atom stereocenters. The minimum Gasteiger partial charge on any atom is -0.310 e. The van der Waals surface area contributed by atoms with Gasteiger partial charge in [-0.25, -0.2) is 4.99 Å². The molecule has 1 aliphatic heterocycles. The second kappa shape index (κ2) is 3.51. The molecule has 1 aromatic rings. The predicted molar refractivity (Wildman–Crippen MR) is 61.9 cm³/mol. The summed E-state index contributed by atoms with van der Waals surface area (Å²) in [6.45, 7) is 0. The highest BCUT2D eigenvalue weighted by Gasteiger charge is 2.38. The molecular weight excluding hydrogens is 235 g/mol. The number of benzodiazepines with no additional fused rings is 1. The molecule has 0 radical (unpaired) electrons. The highest BCUT2D eigenvalue weighted by molar-refractivity contribution is 6.59. The maximum absolute atomic E-state index is 11.8. The van der Waals surface area contributed by atoms with Gasteiger partial charge >= 0.3 is 0 Å². The summed E-state index contributed by atoms with van der Waals surface area (Å²) in [5, 5.41) is 0. The number of carbonyl (C=O) groups is 1. The number of amides is 1. The molecule has 0 aromatic heterocycles. The second-order valence-corrected chi connectivity index (χ2v) is 4.51. The summed E-state index contributed by atoms with van der Waals surface area (Å²) in [5.74, 6) is -0.452. The lowest BCUT2D eigenvalue weighted by Gasteiger charge is -2.21. The smallest absolute Gasteiger partial charge is 0.288 e. The summed E-state index contributed by atoms with van der Waals surface area (Å²) in [7, 11) is 1.62. The van der Waals surface area contributed by atoms with Crippen LogP contribution in [0.1, 0.15) is 5.56 Å². The number of aliphatic imine (C=N–C) groups is 1. The molecule has 1 heterocycles. The van der Waals surface area contributed by atoms with Gasteiger partial charge in [-0.15, -0.1) is 0 Å². The van der Waals surface area contributed by atoms with E-state index in [1.54, 1.807) is 7.05 Å². The van der Waals surface area contributed by atoms with Crippen molar-refractivity contribution in [1.29, 1.82) is 0 Å². The summed E-state index contributed by atoms with van der Waals surface area (Å²) < 4.78 is -1.73. The van der Waals surface area contributed by atoms with Gasteiger partial charge in [0.25, 0.3) is 10.4 Å². The summed E-state index contributed by atoms with van der Waals surface area (Å²) in [5.41, 5.74) is 1.56. The lowest BCUT2D eigenvalue weighted by atomic mass is 10.2. The van der Waals surface area contributed by atoms with E-state index in [9.17, 15) is 4.79 Å². The number of anilines is 1. The van der Waals surface area contributed by atoms with E-state index in [4.69, 9.17) is 23.2 Å². The van der Waals surface area contributed by atoms with Gasteiger partial charge in [-0.1, -0.05) is 41.4 Å². The number of carbonyl (C=O) groups excluding carboxylic acids is 1. The van der Waals surface area contributed by atoms with Crippen molar-refractivity contribution in [3.05, 3.63) is 29.8 Å². The molecule has 1 amide bonds. The van der Waals surface area contributed by atoms with Crippen molar-refractivity contribution >= 4 is 41.0 Å². The maximum atomic E-state index is 11.8. The van der Waals surface area contributed by atoms with Gasteiger partial charge in [-0.3, -0.25) is 4.79 Å². The molecule has 0 unspecified atom stereocenters. The van der Waals surface area contributed by atoms with Crippen molar-refractivity contribution in [3.63, 3.8) is 0 Å². The summed E-state index contributed by atoms with van der Waals surface area (Å²) >= 11 is 11.6. The molecule has 0 saturated heterocycles. The monoisotopic (exact) mass is 242 g/mol. The molecular formula is C10H8Cl2N2O. The molecule has 1 aliphatic rings. The SMILES string of the molecule is CN1C(=O)C(Cl)(Cl)N=Cc2ccccc21. The first-order chi connectivity index (χ1) is 7.02. The van der Waals surface area contributed by atoms with Crippen LogP contribution in [0.2, 0.25) is 0 Å². The van der Waals surface area contributed by atoms with Gasteiger partial charge in [-0.2, -0.15) is 0 Å². The van der Waals surface area contributed by atoms with E-state index in [-0.39, 0.29) is 0 Å². The Morgan fingerprint density at radius 2 is 2.00 bits per heavy atom. The van der Waals surface area contributed by atoms with Crippen molar-refractivity contribution < 1.29 is 4.79 Å². The van der Waals surface area contributed by atoms with Crippen molar-refractivity contribution in [2.75, 3.05) is 11.9 Å². The fraction of sp³-hybridized carbons (Fsp3) is 0.200. The lowest BCUT2D eigenvalue weighted by Crippen LogP contribution is -2.37. The van der Waals surface area contributed by atoms with Gasteiger partial charge in [0.15, 0.2) is 0 Å².